The van der Waals surface area contributed by atoms with Crippen LogP contribution in [0.3, 0.4) is 0 Å². The van der Waals surface area contributed by atoms with Crippen molar-refractivity contribution >= 4 is 5.91 Å². The first-order valence-electron chi connectivity index (χ1n) is 10.6. The summed E-state index contributed by atoms with van der Waals surface area (Å²) in [4.78, 5) is 16.1. The molecule has 4 nitrogen and oxygen atoms in total. The van der Waals surface area contributed by atoms with Crippen LogP contribution in [0.1, 0.15) is 46.5 Å². The van der Waals surface area contributed by atoms with Gasteiger partial charge in [0.25, 0.3) is 0 Å². The summed E-state index contributed by atoms with van der Waals surface area (Å²) in [6.45, 7) is 1.80. The summed E-state index contributed by atoms with van der Waals surface area (Å²) in [6.07, 6.45) is -2.85. The summed E-state index contributed by atoms with van der Waals surface area (Å²) in [6, 6.07) is 10.6. The van der Waals surface area contributed by atoms with Gasteiger partial charge in [0.1, 0.15) is 23.4 Å². The van der Waals surface area contributed by atoms with Crippen molar-refractivity contribution in [3.63, 3.8) is 0 Å². The number of likely N-dealkylation sites (N-methyl/N-ethyl adjacent to an activating group) is 1. The van der Waals surface area contributed by atoms with Gasteiger partial charge in [-0.2, -0.15) is 13.2 Å². The first-order chi connectivity index (χ1) is 16.1. The largest absolute Gasteiger partial charge is 0.433 e. The number of aromatic nitrogens is 1. The minimum absolute atomic E-state index is 0.266. The number of nitrogens with zero attached hydrogens (tertiary/aromatic N) is 1. The molecule has 0 aliphatic heterocycles. The van der Waals surface area contributed by atoms with Crippen molar-refractivity contribution in [3.8, 4) is 0 Å². The molecule has 0 aliphatic rings. The number of alkyl halides is 3. The maximum absolute atomic E-state index is 14.8. The van der Waals surface area contributed by atoms with Gasteiger partial charge in [0.2, 0.25) is 5.91 Å². The Kier molecular flexibility index (Phi) is 7.98. The summed E-state index contributed by atoms with van der Waals surface area (Å²) in [5.74, 6) is -1.35. The summed E-state index contributed by atoms with van der Waals surface area (Å²) in [5.41, 5.74) is 1.14. The molecule has 9 heteroatoms. The van der Waals surface area contributed by atoms with E-state index in [9.17, 15) is 26.7 Å². The zero-order valence-electron chi connectivity index (χ0n) is 18.6. The lowest BCUT2D eigenvalue weighted by atomic mass is 9.95. The zero-order valence-corrected chi connectivity index (χ0v) is 18.6. The maximum Gasteiger partial charge on any atom is 0.433 e. The molecule has 0 spiro atoms. The normalized spacial score (nSPS) is 13.4. The van der Waals surface area contributed by atoms with E-state index in [1.54, 1.807) is 19.1 Å². The molecular weight excluding hydrogens is 453 g/mol. The number of benzene rings is 2. The van der Waals surface area contributed by atoms with Crippen molar-refractivity contribution in [3.05, 3.63) is 100 Å². The predicted molar refractivity (Wildman–Crippen MR) is 118 cm³/mol. The van der Waals surface area contributed by atoms with E-state index in [0.717, 1.165) is 17.8 Å². The van der Waals surface area contributed by atoms with E-state index in [1.165, 1.54) is 43.4 Å². The fraction of sp³-hybridized carbons (Fsp3) is 0.280. The van der Waals surface area contributed by atoms with Crippen LogP contribution in [0.15, 0.2) is 60.8 Å². The minimum Gasteiger partial charge on any atom is -0.358 e. The summed E-state index contributed by atoms with van der Waals surface area (Å²) >= 11 is 0. The molecule has 180 valence electrons. The fourth-order valence-electron chi connectivity index (χ4n) is 3.63. The third kappa shape index (κ3) is 6.38. The topological polar surface area (TPSA) is 54.0 Å². The molecule has 0 saturated carbocycles. The summed E-state index contributed by atoms with van der Waals surface area (Å²) in [7, 11) is 1.46. The Labute approximate surface area is 194 Å². The molecular formula is C25H24F5N3O. The van der Waals surface area contributed by atoms with Crippen LogP contribution in [-0.4, -0.2) is 17.9 Å². The van der Waals surface area contributed by atoms with E-state index in [-0.39, 0.29) is 12.8 Å². The van der Waals surface area contributed by atoms with Gasteiger partial charge >= 0.3 is 6.18 Å². The van der Waals surface area contributed by atoms with Gasteiger partial charge in [0, 0.05) is 24.8 Å². The number of amides is 1. The molecule has 0 unspecified atom stereocenters. The fourth-order valence-corrected chi connectivity index (χ4v) is 3.63. The Hall–Kier alpha value is -3.33. The van der Waals surface area contributed by atoms with Crippen LogP contribution < -0.4 is 10.6 Å². The average Bonchev–Trinajstić information content (AvgIpc) is 2.81. The highest BCUT2D eigenvalue weighted by molar-refractivity contribution is 5.83. The Morgan fingerprint density at radius 2 is 1.74 bits per heavy atom. The second kappa shape index (κ2) is 10.7. The molecule has 0 fully saturated rings. The molecule has 1 aromatic heterocycles. The van der Waals surface area contributed by atoms with Gasteiger partial charge in [0.05, 0.1) is 0 Å². The van der Waals surface area contributed by atoms with Gasteiger partial charge in [0.15, 0.2) is 0 Å². The van der Waals surface area contributed by atoms with Gasteiger partial charge in [-0.25, -0.2) is 8.78 Å². The number of nitrogens with one attached hydrogen (secondary N) is 2. The Morgan fingerprint density at radius 3 is 2.32 bits per heavy atom. The van der Waals surface area contributed by atoms with E-state index in [1.807, 2.05) is 0 Å². The maximum atomic E-state index is 14.8. The number of carbonyl (C=O) groups excluding carboxylic acids is 1. The number of halogens is 5. The van der Waals surface area contributed by atoms with Crippen molar-refractivity contribution in [2.24, 2.45) is 0 Å². The monoisotopic (exact) mass is 477 g/mol. The van der Waals surface area contributed by atoms with Gasteiger partial charge in [-0.05, 0) is 55.2 Å². The second-order valence-electron chi connectivity index (χ2n) is 7.93. The average molecular weight is 477 g/mol. The number of aryl methyl sites for hydroxylation is 2. The molecule has 2 N–H and O–H groups in total. The molecule has 0 radical (unpaired) electrons. The third-order valence-corrected chi connectivity index (χ3v) is 5.44. The van der Waals surface area contributed by atoms with Gasteiger partial charge in [-0.1, -0.05) is 35.9 Å². The van der Waals surface area contributed by atoms with E-state index < -0.39 is 41.5 Å². The molecule has 0 bridgehead atoms. The van der Waals surface area contributed by atoms with Crippen molar-refractivity contribution in [2.45, 2.75) is 38.0 Å². The third-order valence-electron chi connectivity index (χ3n) is 5.44. The van der Waals surface area contributed by atoms with Crippen LogP contribution >= 0.6 is 0 Å². The van der Waals surface area contributed by atoms with Crippen molar-refractivity contribution in [2.75, 3.05) is 7.05 Å². The van der Waals surface area contributed by atoms with Gasteiger partial charge in [-0.3, -0.25) is 15.1 Å². The quantitative estimate of drug-likeness (QED) is 0.425. The van der Waals surface area contributed by atoms with E-state index in [0.29, 0.717) is 16.7 Å². The standard InChI is InChI=1S/C25H24F5N3O/c1-15-3-10-20(27)19(13-15)21(11-4-16-5-12-22(32-14-16)25(28,29)30)33-23(24(34)31-2)17-6-8-18(26)9-7-17/h3,5-10,12-14,21,23,33H,4,11H2,1-2H3,(H,31,34)/t21-,23+/m0/s1. The number of carbonyl (C=O) groups is 1. The molecule has 34 heavy (non-hydrogen) atoms. The first kappa shape index (κ1) is 25.3. The van der Waals surface area contributed by atoms with Crippen LogP contribution in [0, 0.1) is 18.6 Å². The van der Waals surface area contributed by atoms with Crippen LogP contribution in [0.4, 0.5) is 22.0 Å². The smallest absolute Gasteiger partial charge is 0.358 e. The molecule has 0 saturated heterocycles. The summed E-state index contributed by atoms with van der Waals surface area (Å²) < 4.78 is 66.6. The summed E-state index contributed by atoms with van der Waals surface area (Å²) in [5, 5.41) is 5.71. The first-order valence-corrected chi connectivity index (χ1v) is 10.6. The highest BCUT2D eigenvalue weighted by Crippen LogP contribution is 2.29. The Balaban J connectivity index is 1.90. The Bertz CT molecular complexity index is 1110. The van der Waals surface area contributed by atoms with Crippen molar-refractivity contribution in [1.82, 2.24) is 15.6 Å². The minimum atomic E-state index is -4.54. The lowest BCUT2D eigenvalue weighted by molar-refractivity contribution is -0.141. The van der Waals surface area contributed by atoms with Crippen molar-refractivity contribution < 1.29 is 26.7 Å². The van der Waals surface area contributed by atoms with Crippen LogP contribution in [0.5, 0.6) is 0 Å². The van der Waals surface area contributed by atoms with E-state index in [2.05, 4.69) is 15.6 Å². The molecule has 3 aromatic rings. The van der Waals surface area contributed by atoms with E-state index >= 15 is 0 Å². The molecule has 1 heterocycles. The van der Waals surface area contributed by atoms with Crippen LogP contribution in [0.2, 0.25) is 0 Å². The lowest BCUT2D eigenvalue weighted by Crippen LogP contribution is -2.38. The number of hydrogen-bond acceptors (Lipinski definition) is 3. The predicted octanol–water partition coefficient (Wildman–Crippen LogP) is 5.44. The molecule has 2 atom stereocenters. The highest BCUT2D eigenvalue weighted by atomic mass is 19.4. The molecule has 1 amide bonds. The number of pyridine rings is 1. The lowest BCUT2D eigenvalue weighted by Gasteiger charge is -2.26. The number of hydrogen-bond donors (Lipinski definition) is 2. The molecule has 2 aromatic carbocycles. The Morgan fingerprint density at radius 1 is 1.03 bits per heavy atom. The molecule has 3 rings (SSSR count). The highest BCUT2D eigenvalue weighted by Gasteiger charge is 2.32. The van der Waals surface area contributed by atoms with Crippen LogP contribution in [0.25, 0.3) is 0 Å². The number of rotatable bonds is 8. The van der Waals surface area contributed by atoms with Crippen molar-refractivity contribution in [1.29, 1.82) is 0 Å². The zero-order chi connectivity index (χ0) is 24.9. The molecule has 0 aliphatic carbocycles. The second-order valence-corrected chi connectivity index (χ2v) is 7.93. The van der Waals surface area contributed by atoms with Gasteiger partial charge in [-0.15, -0.1) is 0 Å². The van der Waals surface area contributed by atoms with Gasteiger partial charge < -0.3 is 5.32 Å². The van der Waals surface area contributed by atoms with E-state index in [4.69, 9.17) is 0 Å². The van der Waals surface area contributed by atoms with Crippen LogP contribution in [-0.2, 0) is 17.4 Å². The SMILES string of the molecule is CNC(=O)[C@H](N[C@@H](CCc1ccc(C(F)(F)F)nc1)c1cc(C)ccc1F)c1ccc(F)cc1.